The highest BCUT2D eigenvalue weighted by Crippen LogP contribution is 2.24. The van der Waals surface area contributed by atoms with Crippen molar-refractivity contribution in [1.82, 2.24) is 20.8 Å². The molecule has 2 N–H and O–H groups in total. The molecule has 0 bridgehead atoms. The number of nitrogens with one attached hydrogen (secondary N) is 2. The third kappa shape index (κ3) is 6.21. The normalized spacial score (nSPS) is 11.2. The predicted molar refractivity (Wildman–Crippen MR) is 114 cm³/mol. The van der Waals surface area contributed by atoms with E-state index < -0.39 is 5.91 Å². The first kappa shape index (κ1) is 22.1. The van der Waals surface area contributed by atoms with Crippen LogP contribution in [0.5, 0.6) is 0 Å². The third-order valence-corrected chi connectivity index (χ3v) is 4.64. The molecule has 0 aliphatic heterocycles. The fourth-order valence-corrected chi connectivity index (χ4v) is 2.86. The maximum Gasteiger partial charge on any atom is 0.316 e. The lowest BCUT2D eigenvalue weighted by Gasteiger charge is -2.18. The van der Waals surface area contributed by atoms with Crippen molar-refractivity contribution < 1.29 is 18.5 Å². The Morgan fingerprint density at radius 1 is 0.968 bits per heavy atom. The summed E-state index contributed by atoms with van der Waals surface area (Å²) in [5, 5.41) is 9.17. The zero-order valence-electron chi connectivity index (χ0n) is 17.7. The van der Waals surface area contributed by atoms with Crippen molar-refractivity contribution in [2.24, 2.45) is 0 Å². The highest BCUT2D eigenvalue weighted by molar-refractivity contribution is 5.89. The van der Waals surface area contributed by atoms with Gasteiger partial charge in [-0.1, -0.05) is 62.3 Å². The van der Waals surface area contributed by atoms with Gasteiger partial charge in [-0.15, -0.1) is 0 Å². The van der Waals surface area contributed by atoms with E-state index in [0.29, 0.717) is 11.4 Å². The summed E-state index contributed by atoms with van der Waals surface area (Å²) in [5.41, 5.74) is 2.68. The number of rotatable bonds is 7. The summed E-state index contributed by atoms with van der Waals surface area (Å²) >= 11 is 0. The Hall–Kier alpha value is -3.55. The first-order valence-corrected chi connectivity index (χ1v) is 9.96. The average Bonchev–Trinajstić information content (AvgIpc) is 3.23. The molecule has 2 amide bonds. The molecule has 0 radical (unpaired) electrons. The molecule has 3 rings (SSSR count). The molecule has 0 saturated carbocycles. The Kier molecular flexibility index (Phi) is 6.79. The molecule has 0 atom stereocenters. The summed E-state index contributed by atoms with van der Waals surface area (Å²) in [7, 11) is 0. The lowest BCUT2D eigenvalue weighted by Crippen LogP contribution is -2.35. The van der Waals surface area contributed by atoms with Gasteiger partial charge in [0.2, 0.25) is 11.7 Å². The Labute approximate surface area is 180 Å². The SMILES string of the molecule is CC(C)(C)c1ccc(-c2noc(C(=O)NCCNC(=O)Cc3ccc(F)cc3)n2)cc1. The van der Waals surface area contributed by atoms with E-state index in [2.05, 4.69) is 41.5 Å². The summed E-state index contributed by atoms with van der Waals surface area (Å²) in [4.78, 5) is 28.2. The van der Waals surface area contributed by atoms with Crippen molar-refractivity contribution in [3.8, 4) is 11.4 Å². The Morgan fingerprint density at radius 3 is 2.26 bits per heavy atom. The molecule has 1 heterocycles. The van der Waals surface area contributed by atoms with Gasteiger partial charge in [0.25, 0.3) is 0 Å². The standard InChI is InChI=1S/C23H25FN4O3/c1-23(2,3)17-8-6-16(7-9-17)20-27-22(31-28-20)21(30)26-13-12-25-19(29)14-15-4-10-18(24)11-5-15/h4-11H,12-14H2,1-3H3,(H,25,29)(H,26,30). The smallest absolute Gasteiger partial charge is 0.316 e. The molecule has 31 heavy (non-hydrogen) atoms. The summed E-state index contributed by atoms with van der Waals surface area (Å²) in [6.07, 6.45) is 0.134. The average molecular weight is 424 g/mol. The van der Waals surface area contributed by atoms with E-state index in [-0.39, 0.29) is 42.5 Å². The maximum atomic E-state index is 12.9. The van der Waals surface area contributed by atoms with E-state index in [0.717, 1.165) is 5.56 Å². The van der Waals surface area contributed by atoms with Crippen LogP contribution in [0.25, 0.3) is 11.4 Å². The van der Waals surface area contributed by atoms with E-state index in [9.17, 15) is 14.0 Å². The quantitative estimate of drug-likeness (QED) is 0.568. The van der Waals surface area contributed by atoms with Crippen molar-refractivity contribution in [3.05, 3.63) is 71.4 Å². The molecule has 1 aromatic heterocycles. The number of amides is 2. The molecule has 2 aromatic carbocycles. The summed E-state index contributed by atoms with van der Waals surface area (Å²) < 4.78 is 17.9. The summed E-state index contributed by atoms with van der Waals surface area (Å²) in [6, 6.07) is 13.5. The van der Waals surface area contributed by atoms with Crippen LogP contribution in [-0.4, -0.2) is 35.0 Å². The van der Waals surface area contributed by atoms with Crippen LogP contribution in [0.15, 0.2) is 53.1 Å². The number of hydrogen-bond donors (Lipinski definition) is 2. The second kappa shape index (κ2) is 9.51. The van der Waals surface area contributed by atoms with Crippen molar-refractivity contribution in [3.63, 3.8) is 0 Å². The molecule has 0 unspecified atom stereocenters. The molecular weight excluding hydrogens is 399 g/mol. The lowest BCUT2D eigenvalue weighted by atomic mass is 9.87. The molecule has 0 saturated heterocycles. The minimum Gasteiger partial charge on any atom is -0.354 e. The Morgan fingerprint density at radius 2 is 1.61 bits per heavy atom. The number of aromatic nitrogens is 2. The molecule has 7 nitrogen and oxygen atoms in total. The fraction of sp³-hybridized carbons (Fsp3) is 0.304. The van der Waals surface area contributed by atoms with Crippen molar-refractivity contribution in [2.45, 2.75) is 32.6 Å². The van der Waals surface area contributed by atoms with Crippen LogP contribution < -0.4 is 10.6 Å². The van der Waals surface area contributed by atoms with E-state index in [1.807, 2.05) is 24.3 Å². The number of halogens is 1. The van der Waals surface area contributed by atoms with E-state index in [1.165, 1.54) is 17.7 Å². The second-order valence-electron chi connectivity index (χ2n) is 8.16. The summed E-state index contributed by atoms with van der Waals surface area (Å²) in [5.74, 6) is -0.902. The Bertz CT molecular complexity index is 1040. The van der Waals surface area contributed by atoms with Gasteiger partial charge in [0, 0.05) is 18.7 Å². The van der Waals surface area contributed by atoms with Gasteiger partial charge in [-0.05, 0) is 28.7 Å². The number of carbonyl (C=O) groups is 2. The molecular formula is C23H25FN4O3. The molecule has 162 valence electrons. The fourth-order valence-electron chi connectivity index (χ4n) is 2.86. The number of benzene rings is 2. The minimum absolute atomic E-state index is 0.0370. The van der Waals surface area contributed by atoms with Crippen molar-refractivity contribution in [2.75, 3.05) is 13.1 Å². The van der Waals surface area contributed by atoms with Crippen LogP contribution in [-0.2, 0) is 16.6 Å². The monoisotopic (exact) mass is 424 g/mol. The number of hydrogen-bond acceptors (Lipinski definition) is 5. The van der Waals surface area contributed by atoms with Gasteiger partial charge in [-0.2, -0.15) is 4.98 Å². The largest absolute Gasteiger partial charge is 0.354 e. The number of nitrogens with zero attached hydrogens (tertiary/aromatic N) is 2. The van der Waals surface area contributed by atoms with Crippen molar-refractivity contribution >= 4 is 11.8 Å². The van der Waals surface area contributed by atoms with Gasteiger partial charge in [0.05, 0.1) is 6.42 Å². The minimum atomic E-state index is -0.516. The van der Waals surface area contributed by atoms with Crippen LogP contribution in [0.1, 0.15) is 42.6 Å². The molecule has 3 aromatic rings. The third-order valence-electron chi connectivity index (χ3n) is 4.64. The van der Waals surface area contributed by atoms with Gasteiger partial charge in [-0.25, -0.2) is 4.39 Å². The highest BCUT2D eigenvalue weighted by Gasteiger charge is 2.17. The van der Waals surface area contributed by atoms with Crippen LogP contribution in [0.3, 0.4) is 0 Å². The zero-order chi connectivity index (χ0) is 22.4. The van der Waals surface area contributed by atoms with Gasteiger partial charge < -0.3 is 15.2 Å². The van der Waals surface area contributed by atoms with Crippen LogP contribution in [0, 0.1) is 5.82 Å². The van der Waals surface area contributed by atoms with E-state index in [1.54, 1.807) is 12.1 Å². The van der Waals surface area contributed by atoms with Crippen LogP contribution in [0.4, 0.5) is 4.39 Å². The molecule has 0 aliphatic carbocycles. The van der Waals surface area contributed by atoms with E-state index >= 15 is 0 Å². The first-order chi connectivity index (χ1) is 14.7. The maximum absolute atomic E-state index is 12.9. The van der Waals surface area contributed by atoms with Gasteiger partial charge in [0.1, 0.15) is 5.82 Å². The highest BCUT2D eigenvalue weighted by atomic mass is 19.1. The summed E-state index contributed by atoms with van der Waals surface area (Å²) in [6.45, 7) is 6.82. The Balaban J connectivity index is 1.45. The van der Waals surface area contributed by atoms with Crippen molar-refractivity contribution in [1.29, 1.82) is 0 Å². The second-order valence-corrected chi connectivity index (χ2v) is 8.16. The predicted octanol–water partition coefficient (Wildman–Crippen LogP) is 3.26. The van der Waals surface area contributed by atoms with Crippen LogP contribution in [0.2, 0.25) is 0 Å². The first-order valence-electron chi connectivity index (χ1n) is 9.96. The zero-order valence-corrected chi connectivity index (χ0v) is 17.7. The molecule has 8 heteroatoms. The topological polar surface area (TPSA) is 97.1 Å². The van der Waals surface area contributed by atoms with Crippen LogP contribution >= 0.6 is 0 Å². The molecule has 0 aliphatic rings. The molecule has 0 spiro atoms. The van der Waals surface area contributed by atoms with E-state index in [4.69, 9.17) is 4.52 Å². The number of carbonyl (C=O) groups excluding carboxylic acids is 2. The lowest BCUT2D eigenvalue weighted by molar-refractivity contribution is -0.120. The molecule has 0 fully saturated rings. The van der Waals surface area contributed by atoms with Gasteiger partial charge in [0.15, 0.2) is 0 Å². The van der Waals surface area contributed by atoms with Gasteiger partial charge in [-0.3, -0.25) is 9.59 Å². The van der Waals surface area contributed by atoms with Gasteiger partial charge >= 0.3 is 11.8 Å².